The van der Waals surface area contributed by atoms with Crippen LogP contribution >= 0.6 is 0 Å². The van der Waals surface area contributed by atoms with Crippen molar-refractivity contribution < 1.29 is 19.4 Å². The minimum Gasteiger partial charge on any atom is -0.460 e. The molecule has 1 aliphatic heterocycles. The number of fused-ring (bicyclic) bond motifs is 2. The Morgan fingerprint density at radius 2 is 2.00 bits per heavy atom. The molecular weight excluding hydrogens is 316 g/mol. The van der Waals surface area contributed by atoms with E-state index in [1.54, 1.807) is 0 Å². The third-order valence-electron chi connectivity index (χ3n) is 6.68. The zero-order valence-electron chi connectivity index (χ0n) is 14.9. The molecule has 2 saturated carbocycles. The SMILES string of the molecule is C[C@H]1OC(=O)[C@]2(O)C[C@@H]3CCCC[C@H]3[C@H](COCc3ccccc3)[C@H]12. The van der Waals surface area contributed by atoms with Crippen molar-refractivity contribution in [2.75, 3.05) is 6.61 Å². The molecule has 0 amide bonds. The number of rotatable bonds is 4. The molecule has 3 aliphatic rings. The highest BCUT2D eigenvalue weighted by atomic mass is 16.6. The Balaban J connectivity index is 1.52. The summed E-state index contributed by atoms with van der Waals surface area (Å²) in [4.78, 5) is 12.3. The Kier molecular flexibility index (Phi) is 4.59. The van der Waals surface area contributed by atoms with Crippen molar-refractivity contribution in [3.63, 3.8) is 0 Å². The molecule has 0 spiro atoms. The summed E-state index contributed by atoms with van der Waals surface area (Å²) in [7, 11) is 0. The lowest BCUT2D eigenvalue weighted by molar-refractivity contribution is -0.166. The molecule has 1 aromatic rings. The molecule has 136 valence electrons. The summed E-state index contributed by atoms with van der Waals surface area (Å²) in [6.45, 7) is 3.08. The number of benzene rings is 1. The highest BCUT2D eigenvalue weighted by molar-refractivity contribution is 5.82. The first-order chi connectivity index (χ1) is 12.1. The summed E-state index contributed by atoms with van der Waals surface area (Å²) in [6, 6.07) is 10.2. The number of ether oxygens (including phenoxy) is 2. The first-order valence-corrected chi connectivity index (χ1v) is 9.65. The Labute approximate surface area is 149 Å². The summed E-state index contributed by atoms with van der Waals surface area (Å²) in [5.74, 6) is 0.580. The fourth-order valence-corrected chi connectivity index (χ4v) is 5.62. The second-order valence-corrected chi connectivity index (χ2v) is 8.14. The molecule has 4 heteroatoms. The number of aliphatic hydroxyl groups is 1. The average Bonchev–Trinajstić information content (AvgIpc) is 2.84. The molecule has 1 aromatic carbocycles. The van der Waals surface area contributed by atoms with Crippen molar-refractivity contribution in [3.8, 4) is 0 Å². The van der Waals surface area contributed by atoms with Gasteiger partial charge in [-0.2, -0.15) is 0 Å². The molecule has 0 radical (unpaired) electrons. The van der Waals surface area contributed by atoms with Crippen LogP contribution in [0.2, 0.25) is 0 Å². The Morgan fingerprint density at radius 3 is 2.80 bits per heavy atom. The number of cyclic esters (lactones) is 1. The smallest absolute Gasteiger partial charge is 0.338 e. The lowest BCUT2D eigenvalue weighted by Gasteiger charge is -2.49. The molecule has 1 saturated heterocycles. The van der Waals surface area contributed by atoms with E-state index in [1.165, 1.54) is 19.3 Å². The minimum absolute atomic E-state index is 0.143. The number of carbonyl (C=O) groups excluding carboxylic acids is 1. The summed E-state index contributed by atoms with van der Waals surface area (Å²) in [5, 5.41) is 11.1. The maximum Gasteiger partial charge on any atom is 0.338 e. The first-order valence-electron chi connectivity index (χ1n) is 9.65. The van der Waals surface area contributed by atoms with E-state index in [2.05, 4.69) is 12.1 Å². The second-order valence-electron chi connectivity index (χ2n) is 8.14. The maximum absolute atomic E-state index is 12.3. The van der Waals surface area contributed by atoms with Crippen molar-refractivity contribution >= 4 is 5.97 Å². The van der Waals surface area contributed by atoms with Crippen LogP contribution in [0.4, 0.5) is 0 Å². The molecule has 0 aromatic heterocycles. The van der Waals surface area contributed by atoms with Crippen molar-refractivity contribution in [1.82, 2.24) is 0 Å². The van der Waals surface area contributed by atoms with Crippen LogP contribution in [0.25, 0.3) is 0 Å². The zero-order valence-corrected chi connectivity index (χ0v) is 14.9. The number of hydrogen-bond acceptors (Lipinski definition) is 4. The van der Waals surface area contributed by atoms with E-state index >= 15 is 0 Å². The Morgan fingerprint density at radius 1 is 1.24 bits per heavy atom. The average molecular weight is 344 g/mol. The van der Waals surface area contributed by atoms with Crippen LogP contribution in [0.15, 0.2) is 30.3 Å². The van der Waals surface area contributed by atoms with Gasteiger partial charge in [0.15, 0.2) is 5.60 Å². The van der Waals surface area contributed by atoms with Crippen LogP contribution in [0, 0.1) is 23.7 Å². The predicted octanol–water partition coefficient (Wildman–Crippen LogP) is 3.32. The summed E-state index contributed by atoms with van der Waals surface area (Å²) in [5.41, 5.74) is -0.154. The maximum atomic E-state index is 12.3. The van der Waals surface area contributed by atoms with E-state index in [0.717, 1.165) is 12.0 Å². The van der Waals surface area contributed by atoms with Crippen molar-refractivity contribution in [2.45, 2.75) is 57.3 Å². The normalized spacial score (nSPS) is 40.2. The van der Waals surface area contributed by atoms with E-state index in [4.69, 9.17) is 9.47 Å². The van der Waals surface area contributed by atoms with E-state index in [-0.39, 0.29) is 17.9 Å². The van der Waals surface area contributed by atoms with Crippen LogP contribution in [0.3, 0.4) is 0 Å². The monoisotopic (exact) mass is 344 g/mol. The van der Waals surface area contributed by atoms with Crippen LogP contribution in [-0.4, -0.2) is 29.4 Å². The minimum atomic E-state index is -1.31. The van der Waals surface area contributed by atoms with Crippen LogP contribution in [0.5, 0.6) is 0 Å². The van der Waals surface area contributed by atoms with Gasteiger partial charge in [-0.15, -0.1) is 0 Å². The number of esters is 1. The molecule has 3 fully saturated rings. The van der Waals surface area contributed by atoms with Gasteiger partial charge in [-0.25, -0.2) is 4.79 Å². The largest absolute Gasteiger partial charge is 0.460 e. The zero-order chi connectivity index (χ0) is 17.4. The molecule has 2 aliphatic carbocycles. The van der Waals surface area contributed by atoms with Gasteiger partial charge in [0.05, 0.1) is 13.2 Å². The number of hydrogen-bond donors (Lipinski definition) is 1. The first kappa shape index (κ1) is 17.0. The van der Waals surface area contributed by atoms with Crippen LogP contribution in [0.1, 0.15) is 44.6 Å². The van der Waals surface area contributed by atoms with Gasteiger partial charge in [0.25, 0.3) is 0 Å². The standard InChI is InChI=1S/C21H28O4/c1-14-19-18(13-24-12-15-7-3-2-4-8-15)17-10-6-5-9-16(17)11-21(19,23)20(22)25-14/h2-4,7-8,14,16-19,23H,5-6,9-13H2,1H3/t14-,16+,17-,18+,19+,21+/m1/s1. The predicted molar refractivity (Wildman–Crippen MR) is 93.6 cm³/mol. The van der Waals surface area contributed by atoms with Gasteiger partial charge in [0.1, 0.15) is 6.10 Å². The molecule has 4 rings (SSSR count). The summed E-state index contributed by atoms with van der Waals surface area (Å²) >= 11 is 0. The third kappa shape index (κ3) is 3.00. The van der Waals surface area contributed by atoms with E-state index in [1.807, 2.05) is 25.1 Å². The van der Waals surface area contributed by atoms with Gasteiger partial charge >= 0.3 is 5.97 Å². The highest BCUT2D eigenvalue weighted by Gasteiger charge is 2.63. The van der Waals surface area contributed by atoms with Crippen molar-refractivity contribution in [1.29, 1.82) is 0 Å². The fourth-order valence-electron chi connectivity index (χ4n) is 5.62. The van der Waals surface area contributed by atoms with E-state index in [0.29, 0.717) is 31.5 Å². The van der Waals surface area contributed by atoms with Gasteiger partial charge < -0.3 is 14.6 Å². The van der Waals surface area contributed by atoms with Crippen molar-refractivity contribution in [3.05, 3.63) is 35.9 Å². The molecule has 1 N–H and O–H groups in total. The molecule has 6 atom stereocenters. The molecule has 0 unspecified atom stereocenters. The van der Waals surface area contributed by atoms with Gasteiger partial charge in [0.2, 0.25) is 0 Å². The number of carbonyl (C=O) groups is 1. The third-order valence-corrected chi connectivity index (χ3v) is 6.68. The topological polar surface area (TPSA) is 55.8 Å². The fraction of sp³-hybridized carbons (Fsp3) is 0.667. The summed E-state index contributed by atoms with van der Waals surface area (Å²) < 4.78 is 11.5. The van der Waals surface area contributed by atoms with Crippen molar-refractivity contribution in [2.24, 2.45) is 23.7 Å². The molecule has 25 heavy (non-hydrogen) atoms. The molecule has 4 nitrogen and oxygen atoms in total. The van der Waals surface area contributed by atoms with E-state index < -0.39 is 11.6 Å². The highest BCUT2D eigenvalue weighted by Crippen LogP contribution is 2.54. The van der Waals surface area contributed by atoms with Gasteiger partial charge in [-0.1, -0.05) is 49.6 Å². The van der Waals surface area contributed by atoms with Gasteiger partial charge in [-0.3, -0.25) is 0 Å². The Hall–Kier alpha value is -1.39. The lowest BCUT2D eigenvalue weighted by atomic mass is 9.56. The molecular formula is C21H28O4. The molecule has 0 bridgehead atoms. The van der Waals surface area contributed by atoms with Crippen LogP contribution < -0.4 is 0 Å². The lowest BCUT2D eigenvalue weighted by Crippen LogP contribution is -2.56. The van der Waals surface area contributed by atoms with E-state index in [9.17, 15) is 9.90 Å². The van der Waals surface area contributed by atoms with Crippen LogP contribution in [-0.2, 0) is 20.9 Å². The van der Waals surface area contributed by atoms with Gasteiger partial charge in [-0.05, 0) is 43.1 Å². The Bertz CT molecular complexity index is 616. The summed E-state index contributed by atoms with van der Waals surface area (Å²) in [6.07, 6.45) is 5.06. The molecule has 1 heterocycles. The van der Waals surface area contributed by atoms with Gasteiger partial charge in [0, 0.05) is 5.92 Å². The quantitative estimate of drug-likeness (QED) is 0.851. The second kappa shape index (κ2) is 6.73.